The Labute approximate surface area is 257 Å². The highest BCUT2D eigenvalue weighted by Gasteiger charge is 2.35. The maximum absolute atomic E-state index is 10.1. The second-order valence-electron chi connectivity index (χ2n) is 13.8. The first-order valence-corrected chi connectivity index (χ1v) is 15.4. The van der Waals surface area contributed by atoms with Gasteiger partial charge in [0.05, 0.1) is 12.2 Å². The van der Waals surface area contributed by atoms with Gasteiger partial charge in [0.25, 0.3) is 0 Å². The van der Waals surface area contributed by atoms with E-state index in [4.69, 9.17) is 0 Å². The molecule has 2 aliphatic carbocycles. The van der Waals surface area contributed by atoms with Gasteiger partial charge in [-0.2, -0.15) is 0 Å². The molecular formula is C40H56O2. The summed E-state index contributed by atoms with van der Waals surface area (Å²) in [5.74, 6) is 0.696. The Kier molecular flexibility index (Phi) is 13.5. The highest BCUT2D eigenvalue weighted by atomic mass is 16.3. The second-order valence-corrected chi connectivity index (χ2v) is 13.8. The van der Waals surface area contributed by atoms with E-state index in [2.05, 4.69) is 154 Å². The Morgan fingerprint density at radius 1 is 0.571 bits per heavy atom. The van der Waals surface area contributed by atoms with Gasteiger partial charge in [0.1, 0.15) is 0 Å². The average Bonchev–Trinajstić information content (AvgIpc) is 2.84. The predicted octanol–water partition coefficient (Wildman–Crippen LogP) is 10.3. The number of hydrogen-bond donors (Lipinski definition) is 2. The molecule has 0 unspecified atom stereocenters. The van der Waals surface area contributed by atoms with Crippen LogP contribution >= 0.6 is 0 Å². The van der Waals surface area contributed by atoms with Crippen molar-refractivity contribution in [3.05, 3.63) is 131 Å². The monoisotopic (exact) mass is 568 g/mol. The van der Waals surface area contributed by atoms with Crippen LogP contribution in [0.3, 0.4) is 0 Å². The summed E-state index contributed by atoms with van der Waals surface area (Å²) < 4.78 is 0. The molecule has 2 rings (SSSR count). The summed E-state index contributed by atoms with van der Waals surface area (Å²) in [7, 11) is 0. The molecule has 2 aliphatic rings. The van der Waals surface area contributed by atoms with E-state index in [-0.39, 0.29) is 23.0 Å². The van der Waals surface area contributed by atoms with E-state index in [0.717, 1.165) is 12.8 Å². The van der Waals surface area contributed by atoms with Gasteiger partial charge in [-0.25, -0.2) is 0 Å². The molecular weight excluding hydrogens is 512 g/mol. The van der Waals surface area contributed by atoms with Crippen molar-refractivity contribution in [3.8, 4) is 0 Å². The van der Waals surface area contributed by atoms with Gasteiger partial charge in [-0.05, 0) is 65.2 Å². The van der Waals surface area contributed by atoms with Gasteiger partial charge < -0.3 is 10.2 Å². The first-order valence-electron chi connectivity index (χ1n) is 15.4. The Bertz CT molecular complexity index is 1160. The van der Waals surface area contributed by atoms with Gasteiger partial charge in [0, 0.05) is 11.8 Å². The Hall–Kier alpha value is -2.94. The van der Waals surface area contributed by atoms with Crippen molar-refractivity contribution >= 4 is 0 Å². The van der Waals surface area contributed by atoms with Crippen LogP contribution < -0.4 is 0 Å². The van der Waals surface area contributed by atoms with Gasteiger partial charge >= 0.3 is 0 Å². The maximum atomic E-state index is 10.1. The zero-order valence-electron chi connectivity index (χ0n) is 27.9. The molecule has 0 saturated heterocycles. The first kappa shape index (κ1) is 35.3. The molecule has 0 fully saturated rings. The summed E-state index contributed by atoms with van der Waals surface area (Å²) in [4.78, 5) is 0. The van der Waals surface area contributed by atoms with Crippen LogP contribution in [0.2, 0.25) is 0 Å². The first-order chi connectivity index (χ1) is 19.6. The molecule has 228 valence electrons. The number of aliphatic hydroxyl groups is 2. The van der Waals surface area contributed by atoms with E-state index < -0.39 is 0 Å². The van der Waals surface area contributed by atoms with Crippen LogP contribution in [0.1, 0.15) is 82.1 Å². The Morgan fingerprint density at radius 3 is 1.21 bits per heavy atom. The zero-order chi connectivity index (χ0) is 31.5. The van der Waals surface area contributed by atoms with Gasteiger partial charge in [0.2, 0.25) is 0 Å². The average molecular weight is 569 g/mol. The van der Waals surface area contributed by atoms with Crippen LogP contribution in [0, 0.1) is 22.7 Å². The fraction of sp³-hybridized carbons (Fsp3) is 0.450. The summed E-state index contributed by atoms with van der Waals surface area (Å²) in [6, 6.07) is 0. The quantitative estimate of drug-likeness (QED) is 0.203. The largest absolute Gasteiger partial charge is 0.389 e. The SMILES string of the molecule is CC1=C[C@H](O)CC(C)(C)[C@@H]1/C=C/C(C)=C/C=C/C(C)=C/C=C/C=C(C)/C=C/C=C(C)/C=C/[C@@H]1C(C)=C[C@H](O)CC1(C)C. The number of aliphatic hydroxyl groups excluding tert-OH is 2. The van der Waals surface area contributed by atoms with E-state index in [0.29, 0.717) is 11.8 Å². The van der Waals surface area contributed by atoms with Crippen molar-refractivity contribution in [2.75, 3.05) is 0 Å². The lowest BCUT2D eigenvalue weighted by Crippen LogP contribution is -2.32. The summed E-state index contributed by atoms with van der Waals surface area (Å²) in [5, 5.41) is 20.1. The fourth-order valence-electron chi connectivity index (χ4n) is 6.16. The Morgan fingerprint density at radius 2 is 0.881 bits per heavy atom. The molecule has 0 aromatic heterocycles. The highest BCUT2D eigenvalue weighted by Crippen LogP contribution is 2.42. The molecule has 0 aromatic rings. The molecule has 0 radical (unpaired) electrons. The molecule has 0 aromatic carbocycles. The van der Waals surface area contributed by atoms with Gasteiger partial charge in [0.15, 0.2) is 0 Å². The van der Waals surface area contributed by atoms with Crippen LogP contribution in [0.15, 0.2) is 131 Å². The minimum atomic E-state index is -0.331. The van der Waals surface area contributed by atoms with Gasteiger partial charge in [-0.1, -0.05) is 158 Å². The number of rotatable bonds is 10. The van der Waals surface area contributed by atoms with Crippen molar-refractivity contribution in [1.29, 1.82) is 0 Å². The zero-order valence-corrected chi connectivity index (χ0v) is 27.9. The van der Waals surface area contributed by atoms with E-state index in [1.54, 1.807) is 0 Å². The standard InChI is InChI=1S/C40H56O2/c1-29(17-13-19-31(3)21-23-37-33(5)25-35(41)27-39(37,7)8)15-11-12-16-30(2)18-14-20-32(4)22-24-38-34(6)26-36(42)28-40(38,9)10/h11-26,35-38,41-42H,27-28H2,1-10H3/b12-11+,17-13+,18-14+,23-21+,24-22+,29-15+,30-16+,31-19+,32-20+/t35-,36-,37+,38+/m0/s1. The van der Waals surface area contributed by atoms with E-state index in [1.807, 2.05) is 12.2 Å². The second kappa shape index (κ2) is 16.1. The normalized spacial score (nSPS) is 28.1. The van der Waals surface area contributed by atoms with Crippen LogP contribution in [0.5, 0.6) is 0 Å². The van der Waals surface area contributed by atoms with Crippen molar-refractivity contribution in [2.45, 2.75) is 94.3 Å². The van der Waals surface area contributed by atoms with Crippen LogP contribution in [0.4, 0.5) is 0 Å². The molecule has 0 spiro atoms. The lowest BCUT2D eigenvalue weighted by Gasteiger charge is -2.38. The Balaban J connectivity index is 1.89. The lowest BCUT2D eigenvalue weighted by molar-refractivity contribution is 0.117. The molecule has 0 bridgehead atoms. The molecule has 2 nitrogen and oxygen atoms in total. The van der Waals surface area contributed by atoms with Crippen molar-refractivity contribution in [1.82, 2.24) is 0 Å². The minimum Gasteiger partial charge on any atom is -0.389 e. The van der Waals surface area contributed by atoms with E-state index >= 15 is 0 Å². The highest BCUT2D eigenvalue weighted by molar-refractivity contribution is 5.33. The van der Waals surface area contributed by atoms with Crippen molar-refractivity contribution < 1.29 is 10.2 Å². The molecule has 2 heteroatoms. The smallest absolute Gasteiger partial charge is 0.0729 e. The topological polar surface area (TPSA) is 40.5 Å². The number of hydrogen-bond acceptors (Lipinski definition) is 2. The minimum absolute atomic E-state index is 0.0574. The van der Waals surface area contributed by atoms with Crippen LogP contribution in [-0.4, -0.2) is 22.4 Å². The summed E-state index contributed by atoms with van der Waals surface area (Å²) in [5.41, 5.74) is 7.40. The fourth-order valence-corrected chi connectivity index (χ4v) is 6.16. The summed E-state index contributed by atoms with van der Waals surface area (Å²) in [6.07, 6.45) is 35.0. The molecule has 2 N–H and O–H groups in total. The predicted molar refractivity (Wildman–Crippen MR) is 184 cm³/mol. The third-order valence-corrected chi connectivity index (χ3v) is 8.41. The van der Waals surface area contributed by atoms with Crippen molar-refractivity contribution in [3.63, 3.8) is 0 Å². The van der Waals surface area contributed by atoms with E-state index in [9.17, 15) is 10.2 Å². The van der Waals surface area contributed by atoms with Crippen molar-refractivity contribution in [2.24, 2.45) is 22.7 Å². The molecule has 42 heavy (non-hydrogen) atoms. The molecule has 0 aliphatic heterocycles. The van der Waals surface area contributed by atoms with E-state index in [1.165, 1.54) is 33.4 Å². The molecule has 4 atom stereocenters. The summed E-state index contributed by atoms with van der Waals surface area (Å²) >= 11 is 0. The maximum Gasteiger partial charge on any atom is 0.0729 e. The van der Waals surface area contributed by atoms with Crippen LogP contribution in [0.25, 0.3) is 0 Å². The summed E-state index contributed by atoms with van der Waals surface area (Å²) in [6.45, 7) is 21.6. The molecule has 0 amide bonds. The number of allylic oxidation sites excluding steroid dienone is 20. The molecule has 0 saturated carbocycles. The van der Waals surface area contributed by atoms with Gasteiger partial charge in [-0.3, -0.25) is 0 Å². The van der Waals surface area contributed by atoms with Gasteiger partial charge in [-0.15, -0.1) is 0 Å². The third kappa shape index (κ3) is 11.7. The van der Waals surface area contributed by atoms with Crippen LogP contribution in [-0.2, 0) is 0 Å². The third-order valence-electron chi connectivity index (χ3n) is 8.41. The molecule has 0 heterocycles. The lowest BCUT2D eigenvalue weighted by atomic mass is 9.67.